The molecule has 1 atom stereocenters. The molecule has 1 aromatic rings. The third-order valence-electron chi connectivity index (χ3n) is 4.51. The predicted molar refractivity (Wildman–Crippen MR) is 98.3 cm³/mol. The van der Waals surface area contributed by atoms with Crippen molar-refractivity contribution < 1.29 is 27.6 Å². The Morgan fingerprint density at radius 1 is 1.15 bits per heavy atom. The molecule has 1 aromatic carbocycles. The van der Waals surface area contributed by atoms with Gasteiger partial charge in [-0.2, -0.15) is 0 Å². The minimum Gasteiger partial charge on any atom is -0.449 e. The maximum Gasteiger partial charge on any atom is 0.338 e. The third-order valence-corrected chi connectivity index (χ3v) is 6.19. The molecule has 1 aliphatic heterocycles. The molecule has 1 saturated heterocycles. The molecule has 0 aromatic heterocycles. The second-order valence-electron chi connectivity index (χ2n) is 6.41. The minimum atomic E-state index is -3.88. The molecule has 0 radical (unpaired) electrons. The molecular formula is C18H26N2O6S. The monoisotopic (exact) mass is 398 g/mol. The second-order valence-corrected chi connectivity index (χ2v) is 8.35. The van der Waals surface area contributed by atoms with E-state index in [0.717, 1.165) is 25.7 Å². The highest BCUT2D eigenvalue weighted by molar-refractivity contribution is 7.89. The zero-order valence-electron chi connectivity index (χ0n) is 15.9. The van der Waals surface area contributed by atoms with Gasteiger partial charge in [0.15, 0.2) is 6.10 Å². The summed E-state index contributed by atoms with van der Waals surface area (Å²) >= 11 is 0. The van der Waals surface area contributed by atoms with E-state index in [1.807, 2.05) is 0 Å². The summed E-state index contributed by atoms with van der Waals surface area (Å²) < 4.78 is 30.6. The molecule has 0 unspecified atom stereocenters. The lowest BCUT2D eigenvalue weighted by atomic mass is 10.2. The predicted octanol–water partition coefficient (Wildman–Crippen LogP) is 1.82. The topological polar surface area (TPSA) is 93.2 Å². The maximum atomic E-state index is 12.5. The molecule has 0 aliphatic carbocycles. The minimum absolute atomic E-state index is 0.0519. The maximum absolute atomic E-state index is 12.5. The zero-order chi connectivity index (χ0) is 20.0. The smallest absolute Gasteiger partial charge is 0.338 e. The number of hydrogen-bond acceptors (Lipinski definition) is 6. The van der Waals surface area contributed by atoms with Crippen LogP contribution in [0.5, 0.6) is 0 Å². The Balaban J connectivity index is 2.09. The quantitative estimate of drug-likeness (QED) is 0.536. The van der Waals surface area contributed by atoms with E-state index in [-0.39, 0.29) is 16.4 Å². The molecule has 27 heavy (non-hydrogen) atoms. The molecule has 8 nitrogen and oxygen atoms in total. The number of carbonyl (C=O) groups excluding carboxylic acids is 2. The standard InChI is InChI=1S/C18H26N2O6S/c1-14(17(21)20-11-6-4-5-7-12-20)26-18(22)15-9-8-10-16(13-15)27(23,24)19(2)25-3/h8-10,13-14H,4-7,11-12H2,1-3H3/t14-/m0/s1. The number of sulfonamides is 1. The molecule has 1 fully saturated rings. The fourth-order valence-electron chi connectivity index (χ4n) is 2.86. The van der Waals surface area contributed by atoms with Crippen LogP contribution in [0.25, 0.3) is 0 Å². The highest BCUT2D eigenvalue weighted by Crippen LogP contribution is 2.18. The number of carbonyl (C=O) groups is 2. The van der Waals surface area contributed by atoms with Crippen LogP contribution in [-0.2, 0) is 24.4 Å². The Labute approximate surface area is 160 Å². The van der Waals surface area contributed by atoms with Crippen LogP contribution in [0.15, 0.2) is 29.2 Å². The normalized spacial score (nSPS) is 16.7. The van der Waals surface area contributed by atoms with E-state index in [9.17, 15) is 18.0 Å². The number of ether oxygens (including phenoxy) is 1. The van der Waals surface area contributed by atoms with Crippen molar-refractivity contribution in [1.82, 2.24) is 9.37 Å². The van der Waals surface area contributed by atoms with Crippen LogP contribution in [0.1, 0.15) is 43.0 Å². The fourth-order valence-corrected chi connectivity index (χ4v) is 3.88. The second kappa shape index (κ2) is 9.29. The Hall–Kier alpha value is -1.97. The molecular weight excluding hydrogens is 372 g/mol. The van der Waals surface area contributed by atoms with E-state index in [2.05, 4.69) is 0 Å². The summed E-state index contributed by atoms with van der Waals surface area (Å²) in [6.45, 7) is 2.86. The fraction of sp³-hybridized carbons (Fsp3) is 0.556. The van der Waals surface area contributed by atoms with Gasteiger partial charge in [-0.05, 0) is 38.0 Å². The van der Waals surface area contributed by atoms with E-state index in [0.29, 0.717) is 17.6 Å². The van der Waals surface area contributed by atoms with Crippen molar-refractivity contribution in [2.24, 2.45) is 0 Å². The van der Waals surface area contributed by atoms with Crippen molar-refractivity contribution in [3.8, 4) is 0 Å². The lowest BCUT2D eigenvalue weighted by Crippen LogP contribution is -2.40. The molecule has 9 heteroatoms. The van der Waals surface area contributed by atoms with Crippen molar-refractivity contribution in [2.75, 3.05) is 27.2 Å². The molecule has 150 valence electrons. The van der Waals surface area contributed by atoms with Crippen molar-refractivity contribution in [3.63, 3.8) is 0 Å². The van der Waals surface area contributed by atoms with Gasteiger partial charge in [-0.1, -0.05) is 23.4 Å². The highest BCUT2D eigenvalue weighted by Gasteiger charge is 2.26. The van der Waals surface area contributed by atoms with E-state index < -0.39 is 22.1 Å². The van der Waals surface area contributed by atoms with Gasteiger partial charge in [0.25, 0.3) is 15.9 Å². The van der Waals surface area contributed by atoms with E-state index >= 15 is 0 Å². The largest absolute Gasteiger partial charge is 0.449 e. The van der Waals surface area contributed by atoms with Gasteiger partial charge in [0.2, 0.25) is 0 Å². The summed E-state index contributed by atoms with van der Waals surface area (Å²) in [7, 11) is -1.40. The van der Waals surface area contributed by atoms with Gasteiger partial charge in [-0.25, -0.2) is 13.2 Å². The number of esters is 1. The summed E-state index contributed by atoms with van der Waals surface area (Å²) in [5, 5.41) is 0. The first-order chi connectivity index (χ1) is 12.8. The summed E-state index contributed by atoms with van der Waals surface area (Å²) in [6, 6.07) is 5.44. The highest BCUT2D eigenvalue weighted by atomic mass is 32.2. The molecule has 1 heterocycles. The SMILES string of the molecule is CON(C)S(=O)(=O)c1cccc(C(=O)O[C@@H](C)C(=O)N2CCCCCC2)c1. The van der Waals surface area contributed by atoms with Crippen molar-refractivity contribution in [2.45, 2.75) is 43.6 Å². The van der Waals surface area contributed by atoms with E-state index in [1.165, 1.54) is 45.3 Å². The molecule has 0 N–H and O–H groups in total. The molecule has 1 aliphatic rings. The van der Waals surface area contributed by atoms with Gasteiger partial charge >= 0.3 is 5.97 Å². The summed E-state index contributed by atoms with van der Waals surface area (Å²) in [6.07, 6.45) is 3.14. The van der Waals surface area contributed by atoms with Crippen LogP contribution in [0.4, 0.5) is 0 Å². The average molecular weight is 398 g/mol. The lowest BCUT2D eigenvalue weighted by molar-refractivity contribution is -0.139. The first kappa shape index (κ1) is 21.3. The van der Waals surface area contributed by atoms with Crippen LogP contribution in [0, 0.1) is 0 Å². The zero-order valence-corrected chi connectivity index (χ0v) is 16.7. The van der Waals surface area contributed by atoms with Crippen LogP contribution in [0.2, 0.25) is 0 Å². The number of benzene rings is 1. The lowest BCUT2D eigenvalue weighted by Gasteiger charge is -2.24. The number of hydroxylamine groups is 1. The summed E-state index contributed by atoms with van der Waals surface area (Å²) in [5.74, 6) is -0.976. The molecule has 2 rings (SSSR count). The molecule has 1 amide bonds. The Kier molecular flexibility index (Phi) is 7.34. The number of nitrogens with zero attached hydrogens (tertiary/aromatic N) is 2. The van der Waals surface area contributed by atoms with Crippen LogP contribution < -0.4 is 0 Å². The van der Waals surface area contributed by atoms with Crippen LogP contribution >= 0.6 is 0 Å². The number of amides is 1. The molecule has 0 saturated carbocycles. The van der Waals surface area contributed by atoms with Crippen molar-refractivity contribution >= 4 is 21.9 Å². The van der Waals surface area contributed by atoms with Crippen molar-refractivity contribution in [3.05, 3.63) is 29.8 Å². The third kappa shape index (κ3) is 5.27. The Bertz CT molecular complexity index is 772. The average Bonchev–Trinajstić information content (AvgIpc) is 2.96. The summed E-state index contributed by atoms with van der Waals surface area (Å²) in [5.41, 5.74) is 0.0519. The van der Waals surface area contributed by atoms with Crippen LogP contribution in [-0.4, -0.2) is 63.0 Å². The van der Waals surface area contributed by atoms with Crippen LogP contribution in [0.3, 0.4) is 0 Å². The number of rotatable bonds is 6. The Morgan fingerprint density at radius 2 is 1.78 bits per heavy atom. The van der Waals surface area contributed by atoms with Gasteiger partial charge in [-0.3, -0.25) is 9.63 Å². The first-order valence-electron chi connectivity index (χ1n) is 8.90. The van der Waals surface area contributed by atoms with Gasteiger partial charge in [0.05, 0.1) is 17.6 Å². The first-order valence-corrected chi connectivity index (χ1v) is 10.3. The van der Waals surface area contributed by atoms with Gasteiger partial charge in [0.1, 0.15) is 0 Å². The Morgan fingerprint density at radius 3 is 2.37 bits per heavy atom. The van der Waals surface area contributed by atoms with Gasteiger partial charge in [-0.15, -0.1) is 0 Å². The number of hydrogen-bond donors (Lipinski definition) is 0. The number of likely N-dealkylation sites (tertiary alicyclic amines) is 1. The molecule has 0 spiro atoms. The van der Waals surface area contributed by atoms with E-state index in [1.54, 1.807) is 4.90 Å². The molecule has 0 bridgehead atoms. The van der Waals surface area contributed by atoms with E-state index in [4.69, 9.17) is 9.57 Å². The van der Waals surface area contributed by atoms with Gasteiger partial charge < -0.3 is 9.64 Å². The van der Waals surface area contributed by atoms with Gasteiger partial charge in [0, 0.05) is 20.1 Å². The van der Waals surface area contributed by atoms with Crippen molar-refractivity contribution in [1.29, 1.82) is 0 Å². The summed E-state index contributed by atoms with van der Waals surface area (Å²) in [4.78, 5) is 31.2.